The van der Waals surface area contributed by atoms with Gasteiger partial charge < -0.3 is 19.3 Å². The van der Waals surface area contributed by atoms with E-state index in [4.69, 9.17) is 21.1 Å². The highest BCUT2D eigenvalue weighted by Gasteiger charge is 2.45. The predicted molar refractivity (Wildman–Crippen MR) is 122 cm³/mol. The first-order chi connectivity index (χ1) is 16.8. The molecule has 3 aromatic carbocycles. The minimum atomic E-state index is -3.08. The standard InChI is InChI=1S/C25H18ClF2NO6/c26-17-12-14(6-8-18(17)35-25(27)28)29-22(13-5-7-19-20(11-13)34-10-9-33-19)21(24(31)32)15-3-1-2-4-16(15)23(29)30/h1-8,11-12,21-22,25H,9-10H2,(H,31,32)/t21-,22+/m0/s1. The largest absolute Gasteiger partial charge is 0.486 e. The minimum Gasteiger partial charge on any atom is -0.486 e. The number of fused-ring (bicyclic) bond motifs is 2. The number of hydrogen-bond donors (Lipinski definition) is 1. The molecule has 1 N–H and O–H groups in total. The summed E-state index contributed by atoms with van der Waals surface area (Å²) in [6.07, 6.45) is 0. The highest BCUT2D eigenvalue weighted by atomic mass is 35.5. The van der Waals surface area contributed by atoms with Crippen molar-refractivity contribution >= 4 is 29.2 Å². The molecule has 1 amide bonds. The monoisotopic (exact) mass is 501 g/mol. The summed E-state index contributed by atoms with van der Waals surface area (Å²) >= 11 is 6.18. The summed E-state index contributed by atoms with van der Waals surface area (Å²) < 4.78 is 41.1. The average Bonchev–Trinajstić information content (AvgIpc) is 2.84. The maximum atomic E-state index is 13.7. The van der Waals surface area contributed by atoms with Crippen molar-refractivity contribution in [2.24, 2.45) is 0 Å². The molecule has 0 spiro atoms. The summed E-state index contributed by atoms with van der Waals surface area (Å²) in [7, 11) is 0. The van der Waals surface area contributed by atoms with Crippen LogP contribution < -0.4 is 19.1 Å². The number of aliphatic carboxylic acids is 1. The first-order valence-corrected chi connectivity index (χ1v) is 11.0. The number of hydrogen-bond acceptors (Lipinski definition) is 5. The van der Waals surface area contributed by atoms with E-state index in [2.05, 4.69) is 4.74 Å². The summed E-state index contributed by atoms with van der Waals surface area (Å²) in [6.45, 7) is -2.36. The first kappa shape index (κ1) is 22.9. The number of halogens is 3. The second kappa shape index (κ2) is 9.07. The SMILES string of the molecule is O=C(O)[C@H]1c2ccccc2C(=O)N(c2ccc(OC(F)F)c(Cl)c2)[C@@H]1c1ccc2c(c1)OCCO2. The zero-order valence-electron chi connectivity index (χ0n) is 18.0. The lowest BCUT2D eigenvalue weighted by molar-refractivity contribution is -0.139. The van der Waals surface area contributed by atoms with E-state index in [9.17, 15) is 23.5 Å². The molecule has 180 valence electrons. The van der Waals surface area contributed by atoms with E-state index in [0.29, 0.717) is 35.8 Å². The topological polar surface area (TPSA) is 85.3 Å². The molecule has 0 fully saturated rings. The number of carbonyl (C=O) groups excluding carboxylic acids is 1. The van der Waals surface area contributed by atoms with Crippen molar-refractivity contribution < 1.29 is 37.7 Å². The van der Waals surface area contributed by atoms with Crippen LogP contribution in [0, 0.1) is 0 Å². The van der Waals surface area contributed by atoms with Crippen LogP contribution in [-0.4, -0.2) is 36.8 Å². The van der Waals surface area contributed by atoms with Crippen LogP contribution in [0.3, 0.4) is 0 Å². The number of nitrogens with zero attached hydrogens (tertiary/aromatic N) is 1. The minimum absolute atomic E-state index is 0.151. The van der Waals surface area contributed by atoms with Gasteiger partial charge in [-0.25, -0.2) is 0 Å². The van der Waals surface area contributed by atoms with Crippen LogP contribution in [0.25, 0.3) is 0 Å². The molecule has 0 saturated heterocycles. The van der Waals surface area contributed by atoms with E-state index < -0.39 is 30.4 Å². The second-order valence-electron chi connectivity index (χ2n) is 7.92. The van der Waals surface area contributed by atoms with Gasteiger partial charge in [-0.2, -0.15) is 8.78 Å². The van der Waals surface area contributed by atoms with Crippen molar-refractivity contribution in [1.82, 2.24) is 0 Å². The molecule has 0 unspecified atom stereocenters. The molecule has 3 aromatic rings. The number of carboxylic acids is 1. The van der Waals surface area contributed by atoms with Crippen LogP contribution in [-0.2, 0) is 4.79 Å². The predicted octanol–water partition coefficient (Wildman–Crippen LogP) is 5.28. The number of rotatable bonds is 5. The highest BCUT2D eigenvalue weighted by Crippen LogP contribution is 2.47. The molecule has 0 radical (unpaired) electrons. The summed E-state index contributed by atoms with van der Waals surface area (Å²) in [5.74, 6) is -2.06. The van der Waals surface area contributed by atoms with Crippen molar-refractivity contribution in [3.8, 4) is 17.2 Å². The Kier molecular flexibility index (Phi) is 5.94. The molecule has 0 aromatic heterocycles. The summed E-state index contributed by atoms with van der Waals surface area (Å²) in [5, 5.41) is 10.1. The molecular weight excluding hydrogens is 484 g/mol. The van der Waals surface area contributed by atoms with Gasteiger partial charge in [0, 0.05) is 11.3 Å². The van der Waals surface area contributed by atoms with Gasteiger partial charge in [0.05, 0.1) is 11.1 Å². The van der Waals surface area contributed by atoms with Gasteiger partial charge >= 0.3 is 12.6 Å². The molecule has 2 heterocycles. The number of amides is 1. The van der Waals surface area contributed by atoms with Crippen molar-refractivity contribution in [1.29, 1.82) is 0 Å². The van der Waals surface area contributed by atoms with Crippen molar-refractivity contribution in [3.63, 3.8) is 0 Å². The van der Waals surface area contributed by atoms with E-state index in [1.807, 2.05) is 0 Å². The van der Waals surface area contributed by atoms with E-state index >= 15 is 0 Å². The highest BCUT2D eigenvalue weighted by molar-refractivity contribution is 6.32. The molecule has 0 aliphatic carbocycles. The average molecular weight is 502 g/mol. The zero-order chi connectivity index (χ0) is 24.7. The molecular formula is C25H18ClF2NO6. The van der Waals surface area contributed by atoms with E-state index in [-0.39, 0.29) is 22.0 Å². The fraction of sp³-hybridized carbons (Fsp3) is 0.200. The number of ether oxygens (including phenoxy) is 3. The first-order valence-electron chi connectivity index (χ1n) is 10.6. The van der Waals surface area contributed by atoms with Gasteiger partial charge in [-0.05, 0) is 47.5 Å². The van der Waals surface area contributed by atoms with Crippen molar-refractivity contribution in [3.05, 3.63) is 82.4 Å². The third-order valence-electron chi connectivity index (χ3n) is 5.92. The van der Waals surface area contributed by atoms with Gasteiger partial charge in [-0.15, -0.1) is 0 Å². The lowest BCUT2D eigenvalue weighted by atomic mass is 9.79. The maximum Gasteiger partial charge on any atom is 0.387 e. The number of alkyl halides is 2. The van der Waals surface area contributed by atoms with Gasteiger partial charge in [0.2, 0.25) is 0 Å². The molecule has 7 nitrogen and oxygen atoms in total. The van der Waals surface area contributed by atoms with Gasteiger partial charge in [-0.3, -0.25) is 14.5 Å². The molecule has 35 heavy (non-hydrogen) atoms. The Balaban J connectivity index is 1.69. The van der Waals surface area contributed by atoms with E-state index in [1.54, 1.807) is 42.5 Å². The Morgan fingerprint density at radius 3 is 2.51 bits per heavy atom. The third kappa shape index (κ3) is 4.12. The van der Waals surface area contributed by atoms with E-state index in [0.717, 1.165) is 0 Å². The van der Waals surface area contributed by atoms with Crippen LogP contribution in [0.4, 0.5) is 14.5 Å². The van der Waals surface area contributed by atoms with Gasteiger partial charge in [-0.1, -0.05) is 35.9 Å². The number of anilines is 1. The Bertz CT molecular complexity index is 1320. The summed E-state index contributed by atoms with van der Waals surface area (Å²) in [5.41, 5.74) is 1.30. The van der Waals surface area contributed by atoms with Gasteiger partial charge in [0.1, 0.15) is 24.9 Å². The smallest absolute Gasteiger partial charge is 0.387 e. The Morgan fingerprint density at radius 1 is 1.06 bits per heavy atom. The Labute approximate surface area is 203 Å². The molecule has 2 aliphatic heterocycles. The summed E-state index contributed by atoms with van der Waals surface area (Å²) in [4.78, 5) is 27.6. The van der Waals surface area contributed by atoms with Crippen LogP contribution >= 0.6 is 11.6 Å². The fourth-order valence-corrected chi connectivity index (χ4v) is 4.72. The number of carboxylic acid groups (broad SMARTS) is 1. The van der Waals surface area contributed by atoms with Crippen LogP contribution in [0.2, 0.25) is 5.02 Å². The number of benzene rings is 3. The molecule has 5 rings (SSSR count). The van der Waals surface area contributed by atoms with Crippen LogP contribution in [0.1, 0.15) is 33.4 Å². The molecule has 0 bridgehead atoms. The lowest BCUT2D eigenvalue weighted by Gasteiger charge is -2.41. The van der Waals surface area contributed by atoms with E-state index in [1.165, 1.54) is 23.1 Å². The molecule has 0 saturated carbocycles. The molecule has 2 atom stereocenters. The Morgan fingerprint density at radius 2 is 1.80 bits per heavy atom. The molecule has 10 heteroatoms. The van der Waals surface area contributed by atoms with Gasteiger partial charge in [0.15, 0.2) is 11.5 Å². The summed E-state index contributed by atoms with van der Waals surface area (Å²) in [6, 6.07) is 14.4. The fourth-order valence-electron chi connectivity index (χ4n) is 4.50. The lowest BCUT2D eigenvalue weighted by Crippen LogP contribution is -2.45. The second-order valence-corrected chi connectivity index (χ2v) is 8.33. The Hall–Kier alpha value is -3.85. The molecule has 2 aliphatic rings. The van der Waals surface area contributed by atoms with Crippen LogP contribution in [0.5, 0.6) is 17.2 Å². The normalized spacial score (nSPS) is 18.9. The van der Waals surface area contributed by atoms with Crippen LogP contribution in [0.15, 0.2) is 60.7 Å². The number of carbonyl (C=O) groups is 2. The quantitative estimate of drug-likeness (QED) is 0.512. The van der Waals surface area contributed by atoms with Crippen molar-refractivity contribution in [2.75, 3.05) is 18.1 Å². The van der Waals surface area contributed by atoms with Gasteiger partial charge in [0.25, 0.3) is 5.91 Å². The van der Waals surface area contributed by atoms with Crippen molar-refractivity contribution in [2.45, 2.75) is 18.6 Å². The maximum absolute atomic E-state index is 13.7. The third-order valence-corrected chi connectivity index (χ3v) is 6.22. The zero-order valence-corrected chi connectivity index (χ0v) is 18.7.